The van der Waals surface area contributed by atoms with Gasteiger partial charge in [-0.15, -0.1) is 10.2 Å². The van der Waals surface area contributed by atoms with Gasteiger partial charge in [-0.3, -0.25) is 9.47 Å². The summed E-state index contributed by atoms with van der Waals surface area (Å²) in [5.74, 6) is 1.23. The topological polar surface area (TPSA) is 34.0 Å². The molecule has 3 rings (SSSR count). The summed E-state index contributed by atoms with van der Waals surface area (Å²) in [5.41, 5.74) is 1.95. The van der Waals surface area contributed by atoms with Gasteiger partial charge in [0.15, 0.2) is 11.0 Å². The van der Waals surface area contributed by atoms with Crippen molar-refractivity contribution in [2.45, 2.75) is 23.9 Å². The fourth-order valence-corrected chi connectivity index (χ4v) is 4.26. The predicted octanol–water partition coefficient (Wildman–Crippen LogP) is 5.74. The van der Waals surface area contributed by atoms with Gasteiger partial charge in [0, 0.05) is 20.9 Å². The van der Waals surface area contributed by atoms with Crippen molar-refractivity contribution in [1.29, 1.82) is 0 Å². The van der Waals surface area contributed by atoms with Gasteiger partial charge in [-0.2, -0.15) is 0 Å². The lowest BCUT2D eigenvalue weighted by Crippen LogP contribution is -2.20. The van der Waals surface area contributed by atoms with E-state index < -0.39 is 0 Å². The third-order valence-corrected chi connectivity index (χ3v) is 6.23. The van der Waals surface area contributed by atoms with E-state index in [1.807, 2.05) is 42.9 Å². The van der Waals surface area contributed by atoms with E-state index in [-0.39, 0.29) is 11.9 Å². The highest BCUT2D eigenvalue weighted by atomic mass is 79.9. The SMILES string of the molecule is CC(c1nnc(SCc2ccc(F)cc2Br)n1-c1ccc(Cl)cc1)N(C)C. The first-order valence-electron chi connectivity index (χ1n) is 8.31. The number of hydrogen-bond acceptors (Lipinski definition) is 4. The van der Waals surface area contributed by atoms with E-state index in [2.05, 4.69) is 38.0 Å². The zero-order chi connectivity index (χ0) is 19.6. The molecule has 4 nitrogen and oxygen atoms in total. The summed E-state index contributed by atoms with van der Waals surface area (Å²) in [7, 11) is 4.02. The third kappa shape index (κ3) is 4.71. The highest BCUT2D eigenvalue weighted by molar-refractivity contribution is 9.10. The minimum atomic E-state index is -0.262. The van der Waals surface area contributed by atoms with Crippen LogP contribution >= 0.6 is 39.3 Å². The average molecular weight is 470 g/mol. The molecule has 0 N–H and O–H groups in total. The molecule has 1 atom stereocenters. The lowest BCUT2D eigenvalue weighted by molar-refractivity contribution is 0.305. The summed E-state index contributed by atoms with van der Waals surface area (Å²) >= 11 is 11.0. The number of halogens is 3. The molecule has 1 unspecified atom stereocenters. The minimum Gasteiger partial charge on any atom is -0.300 e. The number of nitrogens with zero attached hydrogens (tertiary/aromatic N) is 4. The molecule has 0 saturated heterocycles. The van der Waals surface area contributed by atoms with Crippen molar-refractivity contribution < 1.29 is 4.39 Å². The van der Waals surface area contributed by atoms with Crippen LogP contribution in [-0.4, -0.2) is 33.8 Å². The summed E-state index contributed by atoms with van der Waals surface area (Å²) in [4.78, 5) is 2.08. The van der Waals surface area contributed by atoms with Crippen LogP contribution < -0.4 is 0 Å². The van der Waals surface area contributed by atoms with Crippen LogP contribution in [-0.2, 0) is 5.75 Å². The van der Waals surface area contributed by atoms with Crippen molar-refractivity contribution in [3.63, 3.8) is 0 Å². The van der Waals surface area contributed by atoms with Gasteiger partial charge in [-0.05, 0) is 63.0 Å². The van der Waals surface area contributed by atoms with E-state index in [4.69, 9.17) is 11.6 Å². The number of hydrogen-bond donors (Lipinski definition) is 0. The minimum absolute atomic E-state index is 0.0834. The van der Waals surface area contributed by atoms with E-state index in [0.717, 1.165) is 26.7 Å². The quantitative estimate of drug-likeness (QED) is 0.431. The molecule has 0 spiro atoms. The highest BCUT2D eigenvalue weighted by Crippen LogP contribution is 2.31. The van der Waals surface area contributed by atoms with Crippen molar-refractivity contribution in [2.24, 2.45) is 0 Å². The molecule has 2 aromatic carbocycles. The summed E-state index contributed by atoms with van der Waals surface area (Å²) in [6.07, 6.45) is 0. The second-order valence-electron chi connectivity index (χ2n) is 6.32. The monoisotopic (exact) mass is 468 g/mol. The maximum absolute atomic E-state index is 13.3. The molecule has 0 aliphatic heterocycles. The normalized spacial score (nSPS) is 12.6. The highest BCUT2D eigenvalue weighted by Gasteiger charge is 2.21. The first-order chi connectivity index (χ1) is 12.9. The molecule has 8 heteroatoms. The molecule has 0 radical (unpaired) electrons. The second kappa shape index (κ2) is 8.73. The molecule has 142 valence electrons. The second-order valence-corrected chi connectivity index (χ2v) is 8.55. The van der Waals surface area contributed by atoms with Crippen LogP contribution in [0.5, 0.6) is 0 Å². The lowest BCUT2D eigenvalue weighted by atomic mass is 10.2. The molecule has 3 aromatic rings. The van der Waals surface area contributed by atoms with Crippen LogP contribution in [0.1, 0.15) is 24.4 Å². The number of thioether (sulfide) groups is 1. The van der Waals surface area contributed by atoms with Crippen molar-refractivity contribution >= 4 is 39.3 Å². The van der Waals surface area contributed by atoms with Gasteiger partial charge in [0.1, 0.15) is 5.82 Å². The number of aromatic nitrogens is 3. The Labute approximate surface area is 175 Å². The summed E-state index contributed by atoms with van der Waals surface area (Å²) in [6, 6.07) is 12.4. The third-order valence-electron chi connectivity index (χ3n) is 4.26. The molecule has 1 aromatic heterocycles. The molecule has 1 heterocycles. The fourth-order valence-electron chi connectivity index (χ4n) is 2.49. The van der Waals surface area contributed by atoms with Gasteiger partial charge < -0.3 is 0 Å². The van der Waals surface area contributed by atoms with Crippen LogP contribution in [0.4, 0.5) is 4.39 Å². The van der Waals surface area contributed by atoms with Crippen LogP contribution in [0.25, 0.3) is 5.69 Å². The van der Waals surface area contributed by atoms with E-state index in [1.165, 1.54) is 12.1 Å². The molecule has 0 aliphatic rings. The Kier molecular flexibility index (Phi) is 6.57. The summed E-state index contributed by atoms with van der Waals surface area (Å²) in [6.45, 7) is 2.08. The molecule has 0 aliphatic carbocycles. The first kappa shape index (κ1) is 20.3. The lowest BCUT2D eigenvalue weighted by Gasteiger charge is -2.20. The summed E-state index contributed by atoms with van der Waals surface area (Å²) in [5, 5.41) is 10.3. The first-order valence-corrected chi connectivity index (χ1v) is 10.5. The smallest absolute Gasteiger partial charge is 0.196 e. The Bertz CT molecular complexity index is 930. The van der Waals surface area contributed by atoms with E-state index in [1.54, 1.807) is 17.8 Å². The van der Waals surface area contributed by atoms with Crippen LogP contribution in [0.3, 0.4) is 0 Å². The van der Waals surface area contributed by atoms with E-state index >= 15 is 0 Å². The molecule has 0 amide bonds. The predicted molar refractivity (Wildman–Crippen MR) is 112 cm³/mol. The van der Waals surface area contributed by atoms with Crippen molar-refractivity contribution in [1.82, 2.24) is 19.7 Å². The largest absolute Gasteiger partial charge is 0.300 e. The van der Waals surface area contributed by atoms with Gasteiger partial charge >= 0.3 is 0 Å². The van der Waals surface area contributed by atoms with Gasteiger partial charge in [-0.25, -0.2) is 4.39 Å². The number of rotatable bonds is 6. The Morgan fingerprint density at radius 1 is 1.19 bits per heavy atom. The van der Waals surface area contributed by atoms with Crippen molar-refractivity contribution in [3.05, 3.63) is 69.2 Å². The molecular weight excluding hydrogens is 451 g/mol. The van der Waals surface area contributed by atoms with Crippen molar-refractivity contribution in [2.75, 3.05) is 14.1 Å². The van der Waals surface area contributed by atoms with E-state index in [9.17, 15) is 4.39 Å². The molecule has 0 bridgehead atoms. The maximum atomic E-state index is 13.3. The Hall–Kier alpha value is -1.41. The van der Waals surface area contributed by atoms with Gasteiger partial charge in [0.25, 0.3) is 0 Å². The molecule has 0 saturated carbocycles. The zero-order valence-corrected chi connectivity index (χ0v) is 18.3. The van der Waals surface area contributed by atoms with Gasteiger partial charge in [0.05, 0.1) is 6.04 Å². The number of benzene rings is 2. The van der Waals surface area contributed by atoms with Crippen LogP contribution in [0.2, 0.25) is 5.02 Å². The Morgan fingerprint density at radius 3 is 2.52 bits per heavy atom. The molecule has 0 fully saturated rings. The average Bonchev–Trinajstić information content (AvgIpc) is 3.04. The summed E-state index contributed by atoms with van der Waals surface area (Å²) < 4.78 is 16.1. The van der Waals surface area contributed by atoms with Crippen LogP contribution in [0.15, 0.2) is 52.1 Å². The Morgan fingerprint density at radius 2 is 1.89 bits per heavy atom. The zero-order valence-electron chi connectivity index (χ0n) is 15.2. The van der Waals surface area contributed by atoms with Crippen molar-refractivity contribution in [3.8, 4) is 5.69 Å². The van der Waals surface area contributed by atoms with E-state index in [0.29, 0.717) is 10.8 Å². The van der Waals surface area contributed by atoms with Gasteiger partial charge in [-0.1, -0.05) is 45.4 Å². The Balaban J connectivity index is 1.95. The molecule has 27 heavy (non-hydrogen) atoms. The van der Waals surface area contributed by atoms with Gasteiger partial charge in [0.2, 0.25) is 0 Å². The maximum Gasteiger partial charge on any atom is 0.196 e. The van der Waals surface area contributed by atoms with Crippen LogP contribution in [0, 0.1) is 5.82 Å². The fraction of sp³-hybridized carbons (Fsp3) is 0.263. The molecular formula is C19H19BrClFN4S. The standard InChI is InChI=1S/C19H19BrClFN4S/c1-12(25(2)3)18-23-24-19(26(18)16-8-5-14(21)6-9-16)27-11-13-4-7-15(22)10-17(13)20/h4-10,12H,11H2,1-3H3.